The van der Waals surface area contributed by atoms with E-state index in [1.165, 1.54) is 11.1 Å². The lowest BCUT2D eigenvalue weighted by Gasteiger charge is -2.42. The fraction of sp³-hybridized carbons (Fsp3) is 0.694. The maximum absolute atomic E-state index is 14.4. The van der Waals surface area contributed by atoms with Crippen molar-refractivity contribution in [1.29, 1.82) is 0 Å². The lowest BCUT2D eigenvalue weighted by atomic mass is 9.63. The van der Waals surface area contributed by atoms with E-state index in [9.17, 15) is 14.4 Å². The topological polar surface area (TPSA) is 88.6 Å². The molecule has 0 aromatic rings. The first-order valence-electron chi connectivity index (χ1n) is 17.8. The minimum Gasteiger partial charge on any atom is -0.450 e. The molecule has 0 N–H and O–H groups in total. The molecule has 0 aromatic heterocycles. The Balaban J connectivity index is 1.02. The van der Waals surface area contributed by atoms with E-state index in [-0.39, 0.29) is 60.0 Å². The molecule has 0 unspecified atom stereocenters. The zero-order valence-corrected chi connectivity index (χ0v) is 25.5. The highest BCUT2D eigenvalue weighted by atomic mass is 16.6. The van der Waals surface area contributed by atoms with Crippen molar-refractivity contribution in [3.8, 4) is 0 Å². The Morgan fingerprint density at radius 2 is 1.31 bits per heavy atom. The number of hydrogen-bond donors (Lipinski definition) is 0. The number of hydrogen-bond acceptors (Lipinski definition) is 9. The maximum atomic E-state index is 14.4. The van der Waals surface area contributed by atoms with Crippen molar-refractivity contribution in [3.05, 3.63) is 46.1 Å². The maximum Gasteiger partial charge on any atom is 0.335 e. The molecule has 11 atom stereocenters. The largest absolute Gasteiger partial charge is 0.450 e. The van der Waals surface area contributed by atoms with Crippen LogP contribution in [-0.4, -0.2) is 105 Å². The fourth-order valence-corrected chi connectivity index (χ4v) is 13.8. The molecule has 0 amide bonds. The summed E-state index contributed by atoms with van der Waals surface area (Å²) in [6.07, 6.45) is 16.6. The molecule has 3 spiro atoms. The van der Waals surface area contributed by atoms with Gasteiger partial charge in [-0.3, -0.25) is 14.7 Å². The molecule has 2 saturated carbocycles. The van der Waals surface area contributed by atoms with Gasteiger partial charge in [-0.25, -0.2) is 14.4 Å². The number of carbonyl (C=O) groups excluding carboxylic acids is 3. The van der Waals surface area contributed by atoms with E-state index in [4.69, 9.17) is 14.2 Å². The average molecular weight is 610 g/mol. The van der Waals surface area contributed by atoms with Gasteiger partial charge in [0.05, 0.1) is 18.1 Å². The number of rotatable bonds is 2. The van der Waals surface area contributed by atoms with Gasteiger partial charge >= 0.3 is 17.9 Å². The van der Waals surface area contributed by atoms with Crippen LogP contribution in [0.25, 0.3) is 0 Å². The standard InChI is InChI=1S/C36H39N3O6/c40-30-11-18-10-22(26-16-34(18,43-30)27-4-2-9-39(26)27)32-24-13-21(25-17-36(24,45-33(32)42)29-6-3-8-38(25)29)20-12-19-15-35(23(20)14-31(41)44-35)28-5-1-7-37(19)28/h11-12,14,19,21-22,25-29H,1-10,13,15-17H2/t19-,21-,22+,25+,26+,27-,28-,29-,34+,35+,36+/m1/s1. The van der Waals surface area contributed by atoms with Crippen molar-refractivity contribution in [2.75, 3.05) is 19.6 Å². The molecule has 8 fully saturated rings. The molecule has 9 nitrogen and oxygen atoms in total. The van der Waals surface area contributed by atoms with Crippen molar-refractivity contribution in [3.63, 3.8) is 0 Å². The first-order valence-corrected chi connectivity index (χ1v) is 17.8. The highest BCUT2D eigenvalue weighted by molar-refractivity contribution is 5.95. The summed E-state index contributed by atoms with van der Waals surface area (Å²) in [6, 6.07) is 1.50. The summed E-state index contributed by atoms with van der Waals surface area (Å²) in [5.41, 5.74) is 4.16. The van der Waals surface area contributed by atoms with E-state index < -0.39 is 16.8 Å². The van der Waals surface area contributed by atoms with E-state index in [1.807, 2.05) is 6.08 Å². The Morgan fingerprint density at radius 3 is 2.11 bits per heavy atom. The third-order valence-corrected chi connectivity index (χ3v) is 15.0. The number of nitrogens with zero attached hydrogens (tertiary/aromatic N) is 3. The Morgan fingerprint density at radius 1 is 0.667 bits per heavy atom. The highest BCUT2D eigenvalue weighted by Gasteiger charge is 2.71. The summed E-state index contributed by atoms with van der Waals surface area (Å²) in [4.78, 5) is 48.0. The second-order valence-electron chi connectivity index (χ2n) is 16.3. The molecule has 234 valence electrons. The van der Waals surface area contributed by atoms with Gasteiger partial charge in [0.15, 0.2) is 16.8 Å². The first kappa shape index (κ1) is 25.4. The zero-order valence-electron chi connectivity index (χ0n) is 25.5. The number of ether oxygens (including phenoxy) is 3. The molecule has 6 saturated heterocycles. The average Bonchev–Trinajstić information content (AvgIpc) is 3.85. The minimum absolute atomic E-state index is 0.0143. The second kappa shape index (κ2) is 7.85. The Hall–Kier alpha value is -2.75. The van der Waals surface area contributed by atoms with Crippen LogP contribution in [0.2, 0.25) is 0 Å². The molecule has 9 heterocycles. The quantitative estimate of drug-likeness (QED) is 0.347. The molecule has 12 rings (SSSR count). The SMILES string of the molecule is O=C1C=C2C([C@H]3CC4=C([C@H]5CC6=CC(=O)O[C@@]67C[C@@H]5N5CCC[C@@H]57)C(=O)O[C@@]45C[C@@H]3N3CCC[C@@H]35)=C[C@@H]3C[C@@]2(O1)[C@H]1CCCN31. The summed E-state index contributed by atoms with van der Waals surface area (Å²) >= 11 is 0. The molecule has 9 aliphatic heterocycles. The van der Waals surface area contributed by atoms with Crippen molar-refractivity contribution >= 4 is 17.9 Å². The van der Waals surface area contributed by atoms with Gasteiger partial charge in [-0.2, -0.15) is 0 Å². The Bertz CT molecular complexity index is 1680. The van der Waals surface area contributed by atoms with Crippen molar-refractivity contribution in [2.24, 2.45) is 11.8 Å². The molecule has 3 aliphatic carbocycles. The van der Waals surface area contributed by atoms with Crippen molar-refractivity contribution in [1.82, 2.24) is 14.7 Å². The highest BCUT2D eigenvalue weighted by Crippen LogP contribution is 2.65. The van der Waals surface area contributed by atoms with Crippen LogP contribution in [0.4, 0.5) is 0 Å². The van der Waals surface area contributed by atoms with Crippen LogP contribution in [0, 0.1) is 11.8 Å². The second-order valence-corrected chi connectivity index (χ2v) is 16.3. The predicted octanol–water partition coefficient (Wildman–Crippen LogP) is 2.71. The van der Waals surface area contributed by atoms with E-state index in [1.54, 1.807) is 6.08 Å². The normalized spacial score (nSPS) is 51.7. The molecule has 45 heavy (non-hydrogen) atoms. The van der Waals surface area contributed by atoms with Crippen LogP contribution in [-0.2, 0) is 28.6 Å². The van der Waals surface area contributed by atoms with E-state index in [0.29, 0.717) is 12.5 Å². The number of carbonyl (C=O) groups is 3. The van der Waals surface area contributed by atoms with Gasteiger partial charge in [-0.15, -0.1) is 0 Å². The molecule has 0 radical (unpaired) electrons. The lowest BCUT2D eigenvalue weighted by molar-refractivity contribution is -0.150. The van der Waals surface area contributed by atoms with Gasteiger partial charge in [-0.1, -0.05) is 6.08 Å². The van der Waals surface area contributed by atoms with Gasteiger partial charge in [0, 0.05) is 72.5 Å². The van der Waals surface area contributed by atoms with Crippen molar-refractivity contribution < 1.29 is 28.6 Å². The zero-order chi connectivity index (χ0) is 29.6. The van der Waals surface area contributed by atoms with Crippen LogP contribution in [0.1, 0.15) is 70.6 Å². The molecular formula is C36H39N3O6. The van der Waals surface area contributed by atoms with E-state index >= 15 is 0 Å². The van der Waals surface area contributed by atoms with Crippen LogP contribution >= 0.6 is 0 Å². The summed E-state index contributed by atoms with van der Waals surface area (Å²) in [7, 11) is 0. The van der Waals surface area contributed by atoms with Crippen LogP contribution in [0.5, 0.6) is 0 Å². The monoisotopic (exact) mass is 609 g/mol. The molecule has 0 aromatic carbocycles. The number of esters is 3. The Kier molecular flexibility index (Phi) is 4.42. The number of fused-ring (bicyclic) bond motifs is 9. The summed E-state index contributed by atoms with van der Waals surface area (Å²) in [6.45, 7) is 3.10. The van der Waals surface area contributed by atoms with E-state index in [0.717, 1.165) is 101 Å². The third-order valence-electron chi connectivity index (χ3n) is 15.0. The molecule has 9 heteroatoms. The smallest absolute Gasteiger partial charge is 0.335 e. The van der Waals surface area contributed by atoms with Crippen molar-refractivity contribution in [2.45, 2.75) is 124 Å². The van der Waals surface area contributed by atoms with E-state index in [2.05, 4.69) is 20.8 Å². The van der Waals surface area contributed by atoms with Crippen LogP contribution < -0.4 is 0 Å². The van der Waals surface area contributed by atoms with Gasteiger partial charge in [0.2, 0.25) is 0 Å². The summed E-state index contributed by atoms with van der Waals surface area (Å²) < 4.78 is 19.2. The van der Waals surface area contributed by atoms with Gasteiger partial charge in [0.1, 0.15) is 0 Å². The predicted molar refractivity (Wildman–Crippen MR) is 158 cm³/mol. The molecule has 12 aliphatic rings. The first-order chi connectivity index (χ1) is 21.9. The van der Waals surface area contributed by atoms with Gasteiger partial charge < -0.3 is 14.2 Å². The van der Waals surface area contributed by atoms with Gasteiger partial charge in [0.25, 0.3) is 0 Å². The summed E-state index contributed by atoms with van der Waals surface area (Å²) in [5, 5.41) is 0. The third kappa shape index (κ3) is 2.71. The van der Waals surface area contributed by atoms with Crippen LogP contribution in [0.3, 0.4) is 0 Å². The molecule has 6 bridgehead atoms. The molecular weight excluding hydrogens is 570 g/mol. The van der Waals surface area contributed by atoms with Crippen LogP contribution in [0.15, 0.2) is 46.1 Å². The minimum atomic E-state index is -0.541. The fourth-order valence-electron chi connectivity index (χ4n) is 13.8. The van der Waals surface area contributed by atoms with Gasteiger partial charge in [-0.05, 0) is 87.7 Å². The summed E-state index contributed by atoms with van der Waals surface area (Å²) in [5.74, 6) is -0.300. The lowest BCUT2D eigenvalue weighted by Crippen LogP contribution is -2.46. The Labute approximate surface area is 262 Å².